The minimum absolute atomic E-state index is 0.113. The van der Waals surface area contributed by atoms with Crippen molar-refractivity contribution in [1.29, 1.82) is 0 Å². The van der Waals surface area contributed by atoms with Gasteiger partial charge in [-0.1, -0.05) is 11.6 Å². The number of piperidine rings is 1. The van der Waals surface area contributed by atoms with Gasteiger partial charge >= 0.3 is 58.9 Å². The molecule has 0 bridgehead atoms. The van der Waals surface area contributed by atoms with Gasteiger partial charge in [0.05, 0.1) is 18.1 Å². The first kappa shape index (κ1) is 56.2. The third-order valence-electron chi connectivity index (χ3n) is 6.92. The highest BCUT2D eigenvalue weighted by molar-refractivity contribution is 8.11. The monoisotopic (exact) mass is 994 g/mol. The number of Topliss-reactive ketones (excluding diaryl/α,β-unsaturated/α-hetero) is 1. The van der Waals surface area contributed by atoms with E-state index in [0.29, 0.717) is 25.2 Å². The van der Waals surface area contributed by atoms with Gasteiger partial charge in [0.15, 0.2) is 11.6 Å². The number of halogens is 10. The molecule has 30 heteroatoms. The van der Waals surface area contributed by atoms with E-state index in [1.165, 1.54) is 23.8 Å². The number of nitrogens with zero attached hydrogens (tertiary/aromatic N) is 4. The molecule has 2 fully saturated rings. The fourth-order valence-electron chi connectivity index (χ4n) is 4.31. The molecule has 0 aliphatic carbocycles. The van der Waals surface area contributed by atoms with Gasteiger partial charge in [0.25, 0.3) is 0 Å². The number of ketones is 1. The summed E-state index contributed by atoms with van der Waals surface area (Å²) in [5, 5.41) is -0.280. The Kier molecular flexibility index (Phi) is 19.7. The van der Waals surface area contributed by atoms with E-state index in [1.54, 1.807) is 20.8 Å². The Balaban J connectivity index is 0.000000447. The standard InChI is InChI=1S/C11H16F3NO5S.C10H17NO3.C7H3ClF6N2O4S2.C4H8O/c1-10(2,3)19-9(16)15-6-4-5-8(7-15)20-21(17,18)11(12,13)14;1-10(2,3)14-9(13)11-6-4-5-8(12)7-11;8-4-1-2-5(15-3-4)16(21(17,18)6(9,10)11)22(19,20)7(12,13)14;1-2-4-5-3-1/h5H,4,6-7H2,1-3H3;4-7H2,1-3H3;1-3H;1-4H2. The lowest BCUT2D eigenvalue weighted by Gasteiger charge is -2.29. The molecule has 62 heavy (non-hydrogen) atoms. The summed E-state index contributed by atoms with van der Waals surface area (Å²) < 4.78 is 195. The molecule has 2 saturated heterocycles. The average molecular weight is 995 g/mol. The van der Waals surface area contributed by atoms with E-state index in [4.69, 9.17) is 25.8 Å². The lowest BCUT2D eigenvalue weighted by Crippen LogP contribution is -2.49. The lowest BCUT2D eigenvalue weighted by molar-refractivity contribution is -0.122. The number of likely N-dealkylation sites (tertiary alicyclic amines) is 1. The largest absolute Gasteiger partial charge is 0.534 e. The smallest absolute Gasteiger partial charge is 0.444 e. The first-order valence-corrected chi connectivity index (χ1v) is 22.3. The number of hydrogen-bond donors (Lipinski definition) is 0. The van der Waals surface area contributed by atoms with Crippen LogP contribution in [-0.2, 0) is 53.4 Å². The summed E-state index contributed by atoms with van der Waals surface area (Å²) in [7, 11) is -19.6. The van der Waals surface area contributed by atoms with Crippen molar-refractivity contribution in [2.45, 2.75) is 101 Å². The first-order valence-electron chi connectivity index (χ1n) is 17.6. The van der Waals surface area contributed by atoms with E-state index in [0.717, 1.165) is 24.5 Å². The highest BCUT2D eigenvalue weighted by atomic mass is 35.5. The van der Waals surface area contributed by atoms with Gasteiger partial charge in [0, 0.05) is 38.9 Å². The molecule has 0 radical (unpaired) electrons. The van der Waals surface area contributed by atoms with E-state index in [2.05, 4.69) is 9.17 Å². The molecule has 1 aromatic heterocycles. The molecule has 2 amide bonds. The normalized spacial score (nSPS) is 16.8. The van der Waals surface area contributed by atoms with Crippen LogP contribution in [0.5, 0.6) is 0 Å². The topological polar surface area (TPSA) is 213 Å². The third-order valence-corrected chi connectivity index (χ3v) is 11.7. The zero-order valence-electron chi connectivity index (χ0n) is 33.7. The number of pyridine rings is 1. The minimum atomic E-state index is -6.93. The van der Waals surface area contributed by atoms with Crippen LogP contribution in [-0.4, -0.2) is 125 Å². The van der Waals surface area contributed by atoms with E-state index in [9.17, 15) is 79.2 Å². The maximum Gasteiger partial charge on any atom is 0.534 e. The number of aromatic nitrogens is 1. The van der Waals surface area contributed by atoms with Gasteiger partial charge in [-0.15, -0.1) is 3.71 Å². The van der Waals surface area contributed by atoms with Crippen molar-refractivity contribution in [3.05, 3.63) is 35.2 Å². The Labute approximate surface area is 356 Å². The van der Waals surface area contributed by atoms with Crippen LogP contribution in [0, 0.1) is 0 Å². The van der Waals surface area contributed by atoms with Gasteiger partial charge in [0.2, 0.25) is 0 Å². The molecule has 3 aliphatic rings. The number of alkyl halides is 9. The van der Waals surface area contributed by atoms with Crippen LogP contribution < -0.4 is 3.71 Å². The van der Waals surface area contributed by atoms with Crippen molar-refractivity contribution in [2.24, 2.45) is 0 Å². The van der Waals surface area contributed by atoms with Gasteiger partial charge < -0.3 is 28.2 Å². The number of amides is 2. The van der Waals surface area contributed by atoms with Crippen molar-refractivity contribution in [2.75, 3.05) is 43.1 Å². The summed E-state index contributed by atoms with van der Waals surface area (Å²) in [6, 6.07) is 0.934. The second kappa shape index (κ2) is 21.7. The molecule has 4 heterocycles. The SMILES string of the molecule is C1CCOC1.CC(C)(C)OC(=O)N1CCC=C(OS(=O)(=O)C(F)(F)F)C1.CC(C)(C)OC(=O)N1CCCC(=O)C1.O=S(=O)(N(c1ccc(Cl)cn1)S(=O)(=O)C(F)(F)F)C(F)(F)F. The molecular formula is C32H44ClF9N4O13S3. The van der Waals surface area contributed by atoms with E-state index >= 15 is 0 Å². The van der Waals surface area contributed by atoms with Crippen molar-refractivity contribution >= 4 is 65.6 Å². The van der Waals surface area contributed by atoms with Crippen molar-refractivity contribution in [1.82, 2.24) is 14.8 Å². The molecule has 4 rings (SSSR count). The predicted octanol–water partition coefficient (Wildman–Crippen LogP) is 7.00. The molecule has 0 N–H and O–H groups in total. The molecule has 1 aromatic rings. The summed E-state index contributed by atoms with van der Waals surface area (Å²) in [6.45, 7) is 13.0. The number of carbonyl (C=O) groups excluding carboxylic acids is 3. The summed E-state index contributed by atoms with van der Waals surface area (Å²) >= 11 is 5.30. The van der Waals surface area contributed by atoms with Gasteiger partial charge in [-0.2, -0.15) is 64.8 Å². The van der Waals surface area contributed by atoms with Crippen LogP contribution in [0.4, 0.5) is 54.9 Å². The molecule has 0 saturated carbocycles. The molecule has 3 aliphatic heterocycles. The fraction of sp³-hybridized carbons (Fsp3) is 0.688. The van der Waals surface area contributed by atoms with Crippen molar-refractivity contribution < 1.29 is 97.5 Å². The molecule has 17 nitrogen and oxygen atoms in total. The molecule has 0 unspecified atom stereocenters. The minimum Gasteiger partial charge on any atom is -0.444 e. The zero-order chi connectivity index (χ0) is 48.3. The number of sulfonamides is 2. The van der Waals surface area contributed by atoms with Crippen molar-refractivity contribution in [3.63, 3.8) is 0 Å². The summed E-state index contributed by atoms with van der Waals surface area (Å²) in [4.78, 5) is 39.8. The zero-order valence-corrected chi connectivity index (χ0v) is 36.9. The Morgan fingerprint density at radius 2 is 1.19 bits per heavy atom. The van der Waals surface area contributed by atoms with Gasteiger partial charge in [0.1, 0.15) is 17.0 Å². The summed E-state index contributed by atoms with van der Waals surface area (Å²) in [5.41, 5.74) is -19.4. The highest BCUT2D eigenvalue weighted by Gasteiger charge is 2.62. The average Bonchev–Trinajstić information content (AvgIpc) is 3.67. The van der Waals surface area contributed by atoms with E-state index < -0.39 is 85.8 Å². The molecule has 0 spiro atoms. The van der Waals surface area contributed by atoms with Crippen LogP contribution >= 0.6 is 11.6 Å². The Bertz CT molecular complexity index is 2000. The Morgan fingerprint density at radius 3 is 1.55 bits per heavy atom. The number of rotatable bonds is 5. The molecule has 0 atom stereocenters. The van der Waals surface area contributed by atoms with Crippen LogP contribution in [0.15, 0.2) is 30.2 Å². The van der Waals surface area contributed by atoms with Gasteiger partial charge in [-0.3, -0.25) is 4.79 Å². The van der Waals surface area contributed by atoms with Crippen LogP contribution in [0.1, 0.15) is 73.6 Å². The van der Waals surface area contributed by atoms with Crippen LogP contribution in [0.25, 0.3) is 0 Å². The number of ether oxygens (including phenoxy) is 3. The van der Waals surface area contributed by atoms with Crippen LogP contribution in [0.2, 0.25) is 5.02 Å². The maximum atomic E-state index is 12.5. The predicted molar refractivity (Wildman–Crippen MR) is 200 cm³/mol. The van der Waals surface area contributed by atoms with Crippen molar-refractivity contribution in [3.8, 4) is 0 Å². The van der Waals surface area contributed by atoms with E-state index in [1.807, 2.05) is 20.8 Å². The highest BCUT2D eigenvalue weighted by Crippen LogP contribution is 2.38. The number of anilines is 1. The lowest BCUT2D eigenvalue weighted by atomic mass is 10.1. The maximum absolute atomic E-state index is 12.5. The quantitative estimate of drug-likeness (QED) is 0.165. The first-order chi connectivity index (χ1) is 27.8. The second-order valence-electron chi connectivity index (χ2n) is 14.6. The van der Waals surface area contributed by atoms with E-state index in [-0.39, 0.29) is 42.5 Å². The Hall–Kier alpha value is -3.83. The third kappa shape index (κ3) is 18.1. The summed E-state index contributed by atoms with van der Waals surface area (Å²) in [5.74, 6) is -1.98. The molecular weight excluding hydrogens is 951 g/mol. The second-order valence-corrected chi connectivity index (χ2v) is 20.4. The van der Waals surface area contributed by atoms with Gasteiger partial charge in [-0.05, 0) is 85.4 Å². The summed E-state index contributed by atoms with van der Waals surface area (Å²) in [6.07, 6.45) is 4.59. The number of hydrogen-bond acceptors (Lipinski definition) is 14. The fourth-order valence-corrected chi connectivity index (χ4v) is 7.55. The molecule has 358 valence electrons. The van der Waals surface area contributed by atoms with Crippen LogP contribution in [0.3, 0.4) is 0 Å². The van der Waals surface area contributed by atoms with Gasteiger partial charge in [-0.25, -0.2) is 14.6 Å². The number of carbonyl (C=O) groups is 3. The Morgan fingerprint density at radius 1 is 0.726 bits per heavy atom. The molecule has 0 aromatic carbocycles.